The van der Waals surface area contributed by atoms with E-state index in [0.29, 0.717) is 0 Å². The first-order valence-electron chi connectivity index (χ1n) is 4.87. The molecule has 2 nitrogen and oxygen atoms in total. The molecule has 2 heterocycles. The molecule has 2 heteroatoms. The molecule has 2 N–H and O–H groups in total. The zero-order valence-corrected chi connectivity index (χ0v) is 7.13. The smallest absolute Gasteiger partial charge is 0.0221 e. The van der Waals surface area contributed by atoms with Gasteiger partial charge in [0.2, 0.25) is 0 Å². The molecule has 0 aliphatic carbocycles. The lowest BCUT2D eigenvalue weighted by molar-refractivity contribution is 0.152. The van der Waals surface area contributed by atoms with Gasteiger partial charge in [-0.3, -0.25) is 4.90 Å². The number of nitrogens with zero attached hydrogens (tertiary/aromatic N) is 1. The van der Waals surface area contributed by atoms with Gasteiger partial charge in [-0.25, -0.2) is 0 Å². The Bertz CT molecular complexity index is 130. The van der Waals surface area contributed by atoms with Crippen LogP contribution in [0.2, 0.25) is 0 Å². The molecule has 2 aliphatic heterocycles. The maximum atomic E-state index is 5.70. The topological polar surface area (TPSA) is 29.3 Å². The minimum atomic E-state index is 0.722. The SMILES string of the molecule is NCC1CCC2CCCCN12. The van der Waals surface area contributed by atoms with Crippen molar-refractivity contribution in [3.63, 3.8) is 0 Å². The standard InChI is InChI=1S/C9H18N2/c10-7-9-5-4-8-3-1-2-6-11(8)9/h8-9H,1-7,10H2. The maximum absolute atomic E-state index is 5.70. The summed E-state index contributed by atoms with van der Waals surface area (Å²) in [4.78, 5) is 2.64. The molecule has 0 bridgehead atoms. The quantitative estimate of drug-likeness (QED) is 0.609. The van der Waals surface area contributed by atoms with E-state index in [2.05, 4.69) is 4.90 Å². The minimum Gasteiger partial charge on any atom is -0.329 e. The molecule has 2 atom stereocenters. The highest BCUT2D eigenvalue weighted by Crippen LogP contribution is 2.30. The van der Waals surface area contributed by atoms with Gasteiger partial charge in [-0.15, -0.1) is 0 Å². The van der Waals surface area contributed by atoms with Gasteiger partial charge in [-0.2, -0.15) is 0 Å². The number of piperidine rings is 1. The average molecular weight is 154 g/mol. The van der Waals surface area contributed by atoms with Gasteiger partial charge < -0.3 is 5.73 Å². The van der Waals surface area contributed by atoms with Gasteiger partial charge in [0.05, 0.1) is 0 Å². The van der Waals surface area contributed by atoms with E-state index in [1.165, 1.54) is 38.6 Å². The van der Waals surface area contributed by atoms with Crippen LogP contribution in [0.3, 0.4) is 0 Å². The van der Waals surface area contributed by atoms with Crippen molar-refractivity contribution in [3.8, 4) is 0 Å². The summed E-state index contributed by atoms with van der Waals surface area (Å²) in [5.41, 5.74) is 5.70. The third-order valence-electron chi connectivity index (χ3n) is 3.25. The number of nitrogens with two attached hydrogens (primary N) is 1. The summed E-state index contributed by atoms with van der Waals surface area (Å²) in [7, 11) is 0. The molecule has 2 saturated heterocycles. The zero-order valence-electron chi connectivity index (χ0n) is 7.13. The van der Waals surface area contributed by atoms with Crippen LogP contribution in [0.4, 0.5) is 0 Å². The van der Waals surface area contributed by atoms with Crippen LogP contribution in [-0.4, -0.2) is 30.1 Å². The van der Waals surface area contributed by atoms with Crippen LogP contribution in [0.15, 0.2) is 0 Å². The molecular formula is C9H18N2. The minimum absolute atomic E-state index is 0.722. The van der Waals surface area contributed by atoms with Crippen molar-refractivity contribution in [3.05, 3.63) is 0 Å². The molecule has 0 saturated carbocycles. The fraction of sp³-hybridized carbons (Fsp3) is 1.00. The Kier molecular flexibility index (Phi) is 2.14. The second-order valence-corrected chi connectivity index (χ2v) is 3.85. The van der Waals surface area contributed by atoms with Gasteiger partial charge in [-0.1, -0.05) is 6.42 Å². The van der Waals surface area contributed by atoms with Crippen LogP contribution >= 0.6 is 0 Å². The number of hydrogen-bond donors (Lipinski definition) is 1. The van der Waals surface area contributed by atoms with Crippen molar-refractivity contribution in [1.82, 2.24) is 4.90 Å². The molecule has 0 aromatic heterocycles. The van der Waals surface area contributed by atoms with E-state index in [9.17, 15) is 0 Å². The molecule has 2 fully saturated rings. The van der Waals surface area contributed by atoms with E-state index in [-0.39, 0.29) is 0 Å². The van der Waals surface area contributed by atoms with Crippen LogP contribution in [-0.2, 0) is 0 Å². The second-order valence-electron chi connectivity index (χ2n) is 3.85. The Morgan fingerprint density at radius 1 is 1.18 bits per heavy atom. The molecule has 2 rings (SSSR count). The van der Waals surface area contributed by atoms with Gasteiger partial charge in [-0.05, 0) is 32.2 Å². The third kappa shape index (κ3) is 1.30. The third-order valence-corrected chi connectivity index (χ3v) is 3.25. The average Bonchev–Trinajstić information content (AvgIpc) is 2.47. The fourth-order valence-corrected chi connectivity index (χ4v) is 2.62. The first-order chi connectivity index (χ1) is 5.42. The molecule has 2 unspecified atom stereocenters. The van der Waals surface area contributed by atoms with E-state index in [0.717, 1.165) is 18.6 Å². The molecule has 2 aliphatic rings. The lowest BCUT2D eigenvalue weighted by Gasteiger charge is -2.33. The molecule has 0 aromatic rings. The summed E-state index contributed by atoms with van der Waals surface area (Å²) in [5.74, 6) is 0. The molecule has 11 heavy (non-hydrogen) atoms. The number of fused-ring (bicyclic) bond motifs is 1. The van der Waals surface area contributed by atoms with Crippen molar-refractivity contribution in [1.29, 1.82) is 0 Å². The van der Waals surface area contributed by atoms with E-state index in [4.69, 9.17) is 5.73 Å². The molecule has 0 radical (unpaired) electrons. The van der Waals surface area contributed by atoms with Gasteiger partial charge >= 0.3 is 0 Å². The molecule has 0 spiro atoms. The van der Waals surface area contributed by atoms with Crippen LogP contribution < -0.4 is 5.73 Å². The van der Waals surface area contributed by atoms with Crippen molar-refractivity contribution >= 4 is 0 Å². The van der Waals surface area contributed by atoms with Crippen LogP contribution in [0.1, 0.15) is 32.1 Å². The summed E-state index contributed by atoms with van der Waals surface area (Å²) in [5, 5.41) is 0. The van der Waals surface area contributed by atoms with E-state index in [1.54, 1.807) is 0 Å². The van der Waals surface area contributed by atoms with E-state index < -0.39 is 0 Å². The Balaban J connectivity index is 1.98. The lowest BCUT2D eigenvalue weighted by Crippen LogP contribution is -2.42. The van der Waals surface area contributed by atoms with Crippen molar-refractivity contribution in [2.45, 2.75) is 44.2 Å². The Morgan fingerprint density at radius 3 is 2.91 bits per heavy atom. The van der Waals surface area contributed by atoms with Gasteiger partial charge in [0.25, 0.3) is 0 Å². The summed E-state index contributed by atoms with van der Waals surface area (Å²) in [6.07, 6.45) is 7.02. The highest BCUT2D eigenvalue weighted by molar-refractivity contribution is 4.90. The normalized spacial score (nSPS) is 39.0. The summed E-state index contributed by atoms with van der Waals surface area (Å²) >= 11 is 0. The Morgan fingerprint density at radius 2 is 2.09 bits per heavy atom. The first kappa shape index (κ1) is 7.56. The maximum Gasteiger partial charge on any atom is 0.0221 e. The number of rotatable bonds is 1. The van der Waals surface area contributed by atoms with E-state index >= 15 is 0 Å². The predicted octanol–water partition coefficient (Wildman–Crippen LogP) is 0.962. The summed E-state index contributed by atoms with van der Waals surface area (Å²) in [6.45, 7) is 2.18. The zero-order chi connectivity index (χ0) is 7.68. The molecule has 0 amide bonds. The highest BCUT2D eigenvalue weighted by atomic mass is 15.2. The monoisotopic (exact) mass is 154 g/mol. The summed E-state index contributed by atoms with van der Waals surface area (Å²) < 4.78 is 0. The van der Waals surface area contributed by atoms with Crippen LogP contribution in [0, 0.1) is 0 Å². The van der Waals surface area contributed by atoms with E-state index in [1.807, 2.05) is 0 Å². The van der Waals surface area contributed by atoms with Crippen molar-refractivity contribution in [2.75, 3.05) is 13.1 Å². The van der Waals surface area contributed by atoms with Gasteiger partial charge in [0, 0.05) is 18.6 Å². The first-order valence-corrected chi connectivity index (χ1v) is 4.87. The van der Waals surface area contributed by atoms with Crippen molar-refractivity contribution < 1.29 is 0 Å². The largest absolute Gasteiger partial charge is 0.329 e. The van der Waals surface area contributed by atoms with Gasteiger partial charge in [0.1, 0.15) is 0 Å². The predicted molar refractivity (Wildman–Crippen MR) is 46.4 cm³/mol. The Labute approximate surface area is 68.7 Å². The second kappa shape index (κ2) is 3.11. The van der Waals surface area contributed by atoms with Crippen molar-refractivity contribution in [2.24, 2.45) is 5.73 Å². The lowest BCUT2D eigenvalue weighted by atomic mass is 10.0. The highest BCUT2D eigenvalue weighted by Gasteiger charge is 2.33. The molecule has 64 valence electrons. The molecule has 0 aromatic carbocycles. The fourth-order valence-electron chi connectivity index (χ4n) is 2.62. The Hall–Kier alpha value is -0.0800. The van der Waals surface area contributed by atoms with Crippen LogP contribution in [0.25, 0.3) is 0 Å². The molecular weight excluding hydrogens is 136 g/mol. The van der Waals surface area contributed by atoms with Crippen LogP contribution in [0.5, 0.6) is 0 Å². The van der Waals surface area contributed by atoms with Gasteiger partial charge in [0.15, 0.2) is 0 Å². The summed E-state index contributed by atoms with van der Waals surface area (Å²) in [6, 6.07) is 1.62. The number of hydrogen-bond acceptors (Lipinski definition) is 2.